The molecule has 0 saturated heterocycles. The summed E-state index contributed by atoms with van der Waals surface area (Å²) in [6, 6.07) is 12.1. The first kappa shape index (κ1) is 15.0. The SMILES string of the molecule is CCC(C)c1ccc(Oc2cccc(F)c2C(=N)N)cc1. The summed E-state index contributed by atoms with van der Waals surface area (Å²) in [7, 11) is 0. The Hall–Kier alpha value is -2.36. The first-order valence-electron chi connectivity index (χ1n) is 6.93. The normalized spacial score (nSPS) is 12.0. The Kier molecular flexibility index (Phi) is 4.58. The molecule has 1 unspecified atom stereocenters. The van der Waals surface area contributed by atoms with E-state index in [1.54, 1.807) is 6.07 Å². The third-order valence-corrected chi connectivity index (χ3v) is 3.53. The number of benzene rings is 2. The van der Waals surface area contributed by atoms with Gasteiger partial charge in [-0.1, -0.05) is 32.0 Å². The van der Waals surface area contributed by atoms with Crippen molar-refractivity contribution in [1.82, 2.24) is 0 Å². The van der Waals surface area contributed by atoms with Crippen LogP contribution >= 0.6 is 0 Å². The fourth-order valence-corrected chi connectivity index (χ4v) is 2.08. The molecule has 0 fully saturated rings. The van der Waals surface area contributed by atoms with E-state index in [1.807, 2.05) is 24.3 Å². The van der Waals surface area contributed by atoms with Crippen molar-refractivity contribution in [1.29, 1.82) is 5.41 Å². The maximum atomic E-state index is 13.7. The van der Waals surface area contributed by atoms with Crippen LogP contribution in [0.25, 0.3) is 0 Å². The molecule has 0 aliphatic heterocycles. The van der Waals surface area contributed by atoms with Crippen molar-refractivity contribution in [3.63, 3.8) is 0 Å². The van der Waals surface area contributed by atoms with Crippen LogP contribution in [0, 0.1) is 11.2 Å². The molecule has 1 atom stereocenters. The monoisotopic (exact) mass is 286 g/mol. The van der Waals surface area contributed by atoms with Gasteiger partial charge in [-0.3, -0.25) is 5.41 Å². The van der Waals surface area contributed by atoms with Crippen LogP contribution in [-0.2, 0) is 0 Å². The van der Waals surface area contributed by atoms with E-state index in [2.05, 4.69) is 13.8 Å². The summed E-state index contributed by atoms with van der Waals surface area (Å²) in [5.41, 5.74) is 6.64. The topological polar surface area (TPSA) is 59.1 Å². The maximum Gasteiger partial charge on any atom is 0.141 e. The number of hydrogen-bond acceptors (Lipinski definition) is 2. The maximum absolute atomic E-state index is 13.7. The highest BCUT2D eigenvalue weighted by atomic mass is 19.1. The molecule has 0 aliphatic rings. The molecule has 0 bridgehead atoms. The number of nitrogens with two attached hydrogens (primary N) is 1. The zero-order chi connectivity index (χ0) is 15.4. The van der Waals surface area contributed by atoms with Gasteiger partial charge in [-0.15, -0.1) is 0 Å². The van der Waals surface area contributed by atoms with Gasteiger partial charge in [-0.05, 0) is 42.2 Å². The third-order valence-electron chi connectivity index (χ3n) is 3.53. The predicted molar refractivity (Wildman–Crippen MR) is 82.6 cm³/mol. The van der Waals surface area contributed by atoms with E-state index in [9.17, 15) is 4.39 Å². The van der Waals surface area contributed by atoms with E-state index >= 15 is 0 Å². The minimum atomic E-state index is -0.559. The quantitative estimate of drug-likeness (QED) is 0.631. The first-order chi connectivity index (χ1) is 10.0. The molecule has 0 radical (unpaired) electrons. The van der Waals surface area contributed by atoms with Gasteiger partial charge in [0, 0.05) is 0 Å². The van der Waals surface area contributed by atoms with Gasteiger partial charge in [-0.2, -0.15) is 0 Å². The minimum Gasteiger partial charge on any atom is -0.456 e. The molecule has 110 valence electrons. The number of ether oxygens (including phenoxy) is 1. The van der Waals surface area contributed by atoms with Crippen LogP contribution in [0.4, 0.5) is 4.39 Å². The van der Waals surface area contributed by atoms with Gasteiger partial charge in [0.2, 0.25) is 0 Å². The van der Waals surface area contributed by atoms with Crippen molar-refractivity contribution in [2.24, 2.45) is 5.73 Å². The zero-order valence-corrected chi connectivity index (χ0v) is 12.2. The number of hydrogen-bond donors (Lipinski definition) is 2. The number of halogens is 1. The highest BCUT2D eigenvalue weighted by Crippen LogP contribution is 2.28. The molecule has 0 aromatic heterocycles. The Morgan fingerprint density at radius 2 is 1.90 bits per heavy atom. The highest BCUT2D eigenvalue weighted by Gasteiger charge is 2.13. The summed E-state index contributed by atoms with van der Waals surface area (Å²) in [5, 5.41) is 7.46. The van der Waals surface area contributed by atoms with Crippen LogP contribution in [-0.4, -0.2) is 5.84 Å². The van der Waals surface area contributed by atoms with E-state index in [4.69, 9.17) is 15.9 Å². The van der Waals surface area contributed by atoms with Crippen molar-refractivity contribution in [2.45, 2.75) is 26.2 Å². The second-order valence-electron chi connectivity index (χ2n) is 5.01. The Bertz CT molecular complexity index is 638. The van der Waals surface area contributed by atoms with Crippen LogP contribution in [0.5, 0.6) is 11.5 Å². The number of rotatable bonds is 5. The number of nitrogens with one attached hydrogen (secondary N) is 1. The molecule has 21 heavy (non-hydrogen) atoms. The summed E-state index contributed by atoms with van der Waals surface area (Å²) in [6.45, 7) is 4.30. The standard InChI is InChI=1S/C17H19FN2O/c1-3-11(2)12-7-9-13(10-8-12)21-15-6-4-5-14(18)16(15)17(19)20/h4-11H,3H2,1-2H3,(H3,19,20). The first-order valence-corrected chi connectivity index (χ1v) is 6.93. The molecule has 3 N–H and O–H groups in total. The second kappa shape index (κ2) is 6.39. The summed E-state index contributed by atoms with van der Waals surface area (Å²) in [5.74, 6) is 0.422. The van der Waals surface area contributed by atoms with Crippen molar-refractivity contribution in [3.05, 3.63) is 59.4 Å². The van der Waals surface area contributed by atoms with Crippen molar-refractivity contribution >= 4 is 5.84 Å². The summed E-state index contributed by atoms with van der Waals surface area (Å²) in [4.78, 5) is 0. The van der Waals surface area contributed by atoms with Gasteiger partial charge >= 0.3 is 0 Å². The van der Waals surface area contributed by atoms with Gasteiger partial charge in [0.05, 0.1) is 5.56 Å². The van der Waals surface area contributed by atoms with Gasteiger partial charge < -0.3 is 10.5 Å². The summed E-state index contributed by atoms with van der Waals surface area (Å²) < 4.78 is 19.4. The number of nitrogen functional groups attached to an aromatic ring is 1. The highest BCUT2D eigenvalue weighted by molar-refractivity contribution is 5.98. The van der Waals surface area contributed by atoms with E-state index < -0.39 is 5.82 Å². The largest absolute Gasteiger partial charge is 0.456 e. The van der Waals surface area contributed by atoms with E-state index in [-0.39, 0.29) is 17.1 Å². The Morgan fingerprint density at radius 1 is 1.24 bits per heavy atom. The Labute approximate surface area is 124 Å². The lowest BCUT2D eigenvalue weighted by Crippen LogP contribution is -2.14. The van der Waals surface area contributed by atoms with Gasteiger partial charge in [-0.25, -0.2) is 4.39 Å². The second-order valence-corrected chi connectivity index (χ2v) is 5.01. The molecule has 0 heterocycles. The van der Waals surface area contributed by atoms with Crippen LogP contribution < -0.4 is 10.5 Å². The minimum absolute atomic E-state index is 0.0106. The third kappa shape index (κ3) is 3.40. The molecule has 0 spiro atoms. The van der Waals surface area contributed by atoms with Crippen LogP contribution in [0.15, 0.2) is 42.5 Å². The van der Waals surface area contributed by atoms with Crippen molar-refractivity contribution in [2.75, 3.05) is 0 Å². The molecule has 2 rings (SSSR count). The van der Waals surface area contributed by atoms with Crippen molar-refractivity contribution in [3.8, 4) is 11.5 Å². The fraction of sp³-hybridized carbons (Fsp3) is 0.235. The Balaban J connectivity index is 2.27. The lowest BCUT2D eigenvalue weighted by Gasteiger charge is -2.13. The van der Waals surface area contributed by atoms with E-state index in [0.29, 0.717) is 11.7 Å². The molecular weight excluding hydrogens is 267 g/mol. The lowest BCUT2D eigenvalue weighted by atomic mass is 9.99. The van der Waals surface area contributed by atoms with Crippen LogP contribution in [0.3, 0.4) is 0 Å². The molecule has 4 heteroatoms. The molecule has 0 amide bonds. The molecule has 2 aromatic rings. The van der Waals surface area contributed by atoms with Crippen LogP contribution in [0.1, 0.15) is 37.3 Å². The summed E-state index contributed by atoms with van der Waals surface area (Å²) >= 11 is 0. The molecule has 3 nitrogen and oxygen atoms in total. The van der Waals surface area contributed by atoms with Crippen molar-refractivity contribution < 1.29 is 9.13 Å². The molecule has 0 saturated carbocycles. The predicted octanol–water partition coefficient (Wildman–Crippen LogP) is 4.42. The van der Waals surface area contributed by atoms with Crippen LogP contribution in [0.2, 0.25) is 0 Å². The van der Waals surface area contributed by atoms with E-state index in [1.165, 1.54) is 17.7 Å². The Morgan fingerprint density at radius 3 is 2.48 bits per heavy atom. The number of amidine groups is 1. The molecule has 2 aromatic carbocycles. The zero-order valence-electron chi connectivity index (χ0n) is 12.2. The van der Waals surface area contributed by atoms with Gasteiger partial charge in [0.15, 0.2) is 0 Å². The molecule has 0 aliphatic carbocycles. The van der Waals surface area contributed by atoms with E-state index in [0.717, 1.165) is 6.42 Å². The summed E-state index contributed by atoms with van der Waals surface area (Å²) in [6.07, 6.45) is 1.07. The molecular formula is C17H19FN2O. The van der Waals surface area contributed by atoms with Gasteiger partial charge in [0.25, 0.3) is 0 Å². The fourth-order valence-electron chi connectivity index (χ4n) is 2.08. The average Bonchev–Trinajstić information content (AvgIpc) is 2.47. The smallest absolute Gasteiger partial charge is 0.141 e. The van der Waals surface area contributed by atoms with Gasteiger partial charge in [0.1, 0.15) is 23.2 Å². The lowest BCUT2D eigenvalue weighted by molar-refractivity contribution is 0.474. The average molecular weight is 286 g/mol.